The number of ether oxygens (including phenoxy) is 1. The van der Waals surface area contributed by atoms with Crippen molar-refractivity contribution in [1.29, 1.82) is 0 Å². The van der Waals surface area contributed by atoms with Crippen LogP contribution in [0.15, 0.2) is 36.4 Å². The molecule has 0 saturated carbocycles. The molecule has 0 aliphatic carbocycles. The maximum absolute atomic E-state index is 12.8. The van der Waals surface area contributed by atoms with Gasteiger partial charge in [-0.3, -0.25) is 14.7 Å². The van der Waals surface area contributed by atoms with Crippen molar-refractivity contribution in [3.8, 4) is 11.3 Å². The fraction of sp³-hybridized carbons (Fsp3) is 0.455. The zero-order chi connectivity index (χ0) is 24.4. The molecule has 0 spiro atoms. The Morgan fingerprint density at radius 3 is 2.39 bits per heavy atom. The molecule has 2 heterocycles. The summed E-state index contributed by atoms with van der Waals surface area (Å²) in [6.45, 7) is 4.36. The molecule has 1 aromatic heterocycles. The lowest BCUT2D eigenvalue weighted by Gasteiger charge is -2.35. The van der Waals surface area contributed by atoms with Crippen LogP contribution in [-0.2, 0) is 16.1 Å². The summed E-state index contributed by atoms with van der Waals surface area (Å²) in [5.74, 6) is -1.58. The van der Waals surface area contributed by atoms with E-state index >= 15 is 0 Å². The number of aryl methyl sites for hydroxylation is 2. The van der Waals surface area contributed by atoms with E-state index < -0.39 is 30.5 Å². The Morgan fingerprint density at radius 1 is 1.12 bits per heavy atom. The van der Waals surface area contributed by atoms with Crippen LogP contribution in [0, 0.1) is 13.8 Å². The number of piperazine rings is 1. The summed E-state index contributed by atoms with van der Waals surface area (Å²) in [4.78, 5) is 18.4. The molecule has 0 bridgehead atoms. The van der Waals surface area contributed by atoms with Crippen molar-refractivity contribution < 1.29 is 35.9 Å². The average molecular weight is 475 g/mol. The molecule has 1 N–H and O–H groups in total. The minimum atomic E-state index is -5.76. The molecule has 1 fully saturated rings. The quantitative estimate of drug-likeness (QED) is 0.520. The minimum absolute atomic E-state index is 0.122. The van der Waals surface area contributed by atoms with Crippen molar-refractivity contribution >= 4 is 5.97 Å². The van der Waals surface area contributed by atoms with Gasteiger partial charge in [0, 0.05) is 37.4 Å². The average Bonchev–Trinajstić information content (AvgIpc) is 2.72. The summed E-state index contributed by atoms with van der Waals surface area (Å²) in [6, 6.07) is 9.96. The first-order chi connectivity index (χ1) is 15.4. The summed E-state index contributed by atoms with van der Waals surface area (Å²) in [7, 11) is 0. The van der Waals surface area contributed by atoms with E-state index in [4.69, 9.17) is 0 Å². The maximum atomic E-state index is 12.8. The first-order valence-electron chi connectivity index (χ1n) is 10.2. The Hall–Kier alpha value is -2.66. The van der Waals surface area contributed by atoms with Crippen molar-refractivity contribution in [2.45, 2.75) is 44.9 Å². The van der Waals surface area contributed by atoms with Gasteiger partial charge >= 0.3 is 18.3 Å². The summed E-state index contributed by atoms with van der Waals surface area (Å²) < 4.78 is 80.8. The maximum Gasteiger partial charge on any atom is 0.434 e. The molecule has 0 radical (unpaired) electrons. The summed E-state index contributed by atoms with van der Waals surface area (Å²) >= 11 is 0. The topological polar surface area (TPSA) is 54.5 Å². The van der Waals surface area contributed by atoms with Gasteiger partial charge in [0.25, 0.3) is 6.10 Å². The second kappa shape index (κ2) is 9.68. The van der Waals surface area contributed by atoms with Crippen LogP contribution in [0.3, 0.4) is 0 Å². The SMILES string of the molecule is Cc1ccccc1-c1ccc(CN2CCNCC2C(=O)OC(C(F)(F)F)C(F)(F)F)c(C)n1. The highest BCUT2D eigenvalue weighted by atomic mass is 19.4. The Labute approximate surface area is 186 Å². The molecular formula is C22H23F6N3O2. The van der Waals surface area contributed by atoms with E-state index in [1.165, 1.54) is 4.90 Å². The van der Waals surface area contributed by atoms with E-state index in [0.29, 0.717) is 17.8 Å². The number of carbonyl (C=O) groups excluding carboxylic acids is 1. The summed E-state index contributed by atoms with van der Waals surface area (Å²) in [5, 5.41) is 2.81. The van der Waals surface area contributed by atoms with Gasteiger partial charge in [0.1, 0.15) is 6.04 Å². The normalized spacial score (nSPS) is 17.9. The van der Waals surface area contributed by atoms with Gasteiger partial charge in [0.05, 0.1) is 5.69 Å². The predicted octanol–water partition coefficient (Wildman–Crippen LogP) is 4.18. The third-order valence-electron chi connectivity index (χ3n) is 5.44. The van der Waals surface area contributed by atoms with Gasteiger partial charge in [-0.25, -0.2) is 0 Å². The lowest BCUT2D eigenvalue weighted by Crippen LogP contribution is -2.57. The number of pyridine rings is 1. The van der Waals surface area contributed by atoms with E-state index in [2.05, 4.69) is 15.0 Å². The highest BCUT2D eigenvalue weighted by Crippen LogP contribution is 2.36. The fourth-order valence-corrected chi connectivity index (χ4v) is 3.67. The van der Waals surface area contributed by atoms with Crippen LogP contribution in [0.1, 0.15) is 16.8 Å². The van der Waals surface area contributed by atoms with E-state index in [0.717, 1.165) is 16.8 Å². The molecule has 1 aromatic carbocycles. The van der Waals surface area contributed by atoms with Gasteiger partial charge in [-0.1, -0.05) is 30.3 Å². The second-order valence-electron chi connectivity index (χ2n) is 7.85. The highest BCUT2D eigenvalue weighted by molar-refractivity contribution is 5.76. The molecule has 0 amide bonds. The molecule has 33 heavy (non-hydrogen) atoms. The van der Waals surface area contributed by atoms with Gasteiger partial charge in [0.15, 0.2) is 0 Å². The van der Waals surface area contributed by atoms with E-state index in [1.54, 1.807) is 19.1 Å². The Kier molecular flexibility index (Phi) is 7.32. The van der Waals surface area contributed by atoms with E-state index in [9.17, 15) is 31.1 Å². The lowest BCUT2D eigenvalue weighted by atomic mass is 10.0. The smallest absolute Gasteiger partial charge is 0.434 e. The number of alkyl halides is 6. The summed E-state index contributed by atoms with van der Waals surface area (Å²) in [5.41, 5.74) is 4.07. The number of carbonyl (C=O) groups is 1. The summed E-state index contributed by atoms with van der Waals surface area (Å²) in [6.07, 6.45) is -15.7. The number of rotatable bonds is 5. The zero-order valence-electron chi connectivity index (χ0n) is 17.9. The molecule has 1 aliphatic rings. The molecule has 11 heteroatoms. The zero-order valence-corrected chi connectivity index (χ0v) is 17.9. The van der Waals surface area contributed by atoms with Gasteiger partial charge in [-0.15, -0.1) is 0 Å². The Balaban J connectivity index is 1.78. The predicted molar refractivity (Wildman–Crippen MR) is 108 cm³/mol. The van der Waals surface area contributed by atoms with Crippen LogP contribution in [-0.4, -0.2) is 60.0 Å². The Bertz CT molecular complexity index is 979. The lowest BCUT2D eigenvalue weighted by molar-refractivity contribution is -0.314. The molecule has 180 valence electrons. The molecule has 1 unspecified atom stereocenters. The number of hydrogen-bond donors (Lipinski definition) is 1. The number of nitrogens with one attached hydrogen (secondary N) is 1. The van der Waals surface area contributed by atoms with Crippen LogP contribution in [0.25, 0.3) is 11.3 Å². The number of hydrogen-bond acceptors (Lipinski definition) is 5. The molecule has 5 nitrogen and oxygen atoms in total. The van der Waals surface area contributed by atoms with Gasteiger partial charge in [-0.05, 0) is 31.0 Å². The molecule has 2 aromatic rings. The first kappa shape index (κ1) is 25.0. The van der Waals surface area contributed by atoms with E-state index in [1.807, 2.05) is 31.2 Å². The third-order valence-corrected chi connectivity index (χ3v) is 5.44. The van der Waals surface area contributed by atoms with Gasteiger partial charge in [-0.2, -0.15) is 26.3 Å². The largest absolute Gasteiger partial charge is 0.442 e. The number of halogens is 6. The number of esters is 1. The minimum Gasteiger partial charge on any atom is -0.442 e. The number of aromatic nitrogens is 1. The first-order valence-corrected chi connectivity index (χ1v) is 10.2. The fourth-order valence-electron chi connectivity index (χ4n) is 3.67. The van der Waals surface area contributed by atoms with Crippen molar-refractivity contribution in [1.82, 2.24) is 15.2 Å². The molecule has 1 atom stereocenters. The second-order valence-corrected chi connectivity index (χ2v) is 7.85. The van der Waals surface area contributed by atoms with Crippen LogP contribution < -0.4 is 5.32 Å². The van der Waals surface area contributed by atoms with Crippen molar-refractivity contribution in [2.24, 2.45) is 0 Å². The van der Waals surface area contributed by atoms with Crippen LogP contribution in [0.4, 0.5) is 26.3 Å². The van der Waals surface area contributed by atoms with Crippen LogP contribution >= 0.6 is 0 Å². The molecule has 1 saturated heterocycles. The van der Waals surface area contributed by atoms with E-state index in [-0.39, 0.29) is 19.6 Å². The molecule has 3 rings (SSSR count). The van der Waals surface area contributed by atoms with Crippen molar-refractivity contribution in [3.63, 3.8) is 0 Å². The number of nitrogens with zero attached hydrogens (tertiary/aromatic N) is 2. The standard InChI is InChI=1S/C22H23F6N3O2/c1-13-5-3-4-6-16(13)17-8-7-15(14(2)30-17)12-31-10-9-29-11-18(31)19(32)33-20(21(23,24)25)22(26,27)28/h3-8,18,20,29H,9-12H2,1-2H3. The molecule has 1 aliphatic heterocycles. The highest BCUT2D eigenvalue weighted by Gasteiger charge is 2.60. The van der Waals surface area contributed by atoms with Crippen LogP contribution in [0.2, 0.25) is 0 Å². The molecular weight excluding hydrogens is 452 g/mol. The van der Waals surface area contributed by atoms with Gasteiger partial charge < -0.3 is 10.1 Å². The third kappa shape index (κ3) is 6.02. The van der Waals surface area contributed by atoms with Crippen molar-refractivity contribution in [3.05, 3.63) is 53.2 Å². The van der Waals surface area contributed by atoms with Crippen LogP contribution in [0.5, 0.6) is 0 Å². The number of benzene rings is 1. The monoisotopic (exact) mass is 475 g/mol. The van der Waals surface area contributed by atoms with Crippen molar-refractivity contribution in [2.75, 3.05) is 19.6 Å². The van der Waals surface area contributed by atoms with Gasteiger partial charge in [0.2, 0.25) is 0 Å². The Morgan fingerprint density at radius 2 is 1.79 bits per heavy atom.